The van der Waals surface area contributed by atoms with E-state index >= 15 is 0 Å². The van der Waals surface area contributed by atoms with Crippen molar-refractivity contribution in [1.29, 1.82) is 0 Å². The molecule has 1 saturated heterocycles. The van der Waals surface area contributed by atoms with Gasteiger partial charge in [-0.2, -0.15) is 0 Å². The molecular weight excluding hydrogens is 509 g/mol. The molecule has 0 spiro atoms. The van der Waals surface area contributed by atoms with Crippen LogP contribution in [0.15, 0.2) is 48.5 Å². The molecule has 11 heteroatoms. The molecule has 4 N–H and O–H groups in total. The number of carbonyl (C=O) groups excluding carboxylic acids is 3. The Bertz CT molecular complexity index is 1300. The number of amides is 2. The van der Waals surface area contributed by atoms with Gasteiger partial charge in [0.25, 0.3) is 5.91 Å². The van der Waals surface area contributed by atoms with Gasteiger partial charge in [0, 0.05) is 24.3 Å². The summed E-state index contributed by atoms with van der Waals surface area (Å²) in [5.41, 5.74) is 12.5. The number of rotatable bonds is 9. The summed E-state index contributed by atoms with van der Waals surface area (Å²) in [5, 5.41) is 0.273. The molecular formula is C27H30FN5O4S. The third-order valence-electron chi connectivity index (χ3n) is 6.57. The van der Waals surface area contributed by atoms with Crippen LogP contribution in [0.4, 0.5) is 21.0 Å². The normalized spacial score (nSPS) is 14.7. The van der Waals surface area contributed by atoms with Gasteiger partial charge in [-0.15, -0.1) is 0 Å². The zero-order valence-corrected chi connectivity index (χ0v) is 22.0. The maximum Gasteiger partial charge on any atom is 0.260 e. The summed E-state index contributed by atoms with van der Waals surface area (Å²) in [6, 6.07) is 11.1. The first-order valence-electron chi connectivity index (χ1n) is 12.3. The first-order chi connectivity index (χ1) is 18.1. The predicted molar refractivity (Wildman–Crippen MR) is 144 cm³/mol. The number of benzene rings is 2. The van der Waals surface area contributed by atoms with E-state index < -0.39 is 17.8 Å². The maximum atomic E-state index is 13.5. The lowest BCUT2D eigenvalue weighted by Crippen LogP contribution is -2.40. The number of nitrogens with zero attached hydrogens (tertiary/aromatic N) is 3. The molecule has 2 aromatic carbocycles. The molecule has 0 bridgehead atoms. The number of hydrogen-bond donors (Lipinski definition) is 2. The van der Waals surface area contributed by atoms with Gasteiger partial charge in [-0.3, -0.25) is 14.4 Å². The van der Waals surface area contributed by atoms with Crippen molar-refractivity contribution in [2.75, 3.05) is 30.3 Å². The molecule has 0 aliphatic carbocycles. The monoisotopic (exact) mass is 539 g/mol. The zero-order chi connectivity index (χ0) is 27.4. The molecule has 38 heavy (non-hydrogen) atoms. The Morgan fingerprint density at radius 2 is 1.76 bits per heavy atom. The lowest BCUT2D eigenvalue weighted by atomic mass is 9.99. The Morgan fingerprint density at radius 1 is 1.13 bits per heavy atom. The van der Waals surface area contributed by atoms with Crippen LogP contribution in [0.25, 0.3) is 0 Å². The Morgan fingerprint density at radius 3 is 2.37 bits per heavy atom. The number of nitrogen functional groups attached to an aromatic ring is 1. The van der Waals surface area contributed by atoms with E-state index in [1.165, 1.54) is 29.2 Å². The second-order valence-corrected chi connectivity index (χ2v) is 10.3. The number of halogens is 1. The number of ether oxygens (including phenoxy) is 1. The number of nitrogens with two attached hydrogens (primary N) is 2. The smallest absolute Gasteiger partial charge is 0.260 e. The number of primary amides is 1. The fourth-order valence-corrected chi connectivity index (χ4v) is 5.19. The van der Waals surface area contributed by atoms with Gasteiger partial charge in [0.1, 0.15) is 28.3 Å². The van der Waals surface area contributed by atoms with Gasteiger partial charge in [-0.1, -0.05) is 18.3 Å². The second-order valence-electron chi connectivity index (χ2n) is 9.34. The minimum atomic E-state index is -0.832. The van der Waals surface area contributed by atoms with Crippen molar-refractivity contribution < 1.29 is 23.5 Å². The Hall–Kier alpha value is -3.99. The van der Waals surface area contributed by atoms with E-state index in [0.29, 0.717) is 22.9 Å². The summed E-state index contributed by atoms with van der Waals surface area (Å²) in [5.74, 6) is -0.379. The summed E-state index contributed by atoms with van der Waals surface area (Å²) in [6.45, 7) is 5.19. The molecule has 2 amide bonds. The van der Waals surface area contributed by atoms with Gasteiger partial charge in [0.05, 0.1) is 0 Å². The lowest BCUT2D eigenvalue weighted by Gasteiger charge is -2.30. The third kappa shape index (κ3) is 6.10. The number of thiazole rings is 1. The zero-order valence-electron chi connectivity index (χ0n) is 21.2. The number of hydrogen-bond acceptors (Lipinski definition) is 8. The van der Waals surface area contributed by atoms with Crippen molar-refractivity contribution in [1.82, 2.24) is 9.88 Å². The SMILES string of the molecule is CC1CCN(C(=O)COc2ccc(C(=O)c3sc(N(c4ccc(F)cc4)C(C)C(N)=O)nc3N)cc2)CC1. The average molecular weight is 540 g/mol. The summed E-state index contributed by atoms with van der Waals surface area (Å²) in [4.78, 5) is 45.4. The van der Waals surface area contributed by atoms with Crippen LogP contribution in [0.3, 0.4) is 0 Å². The Kier molecular flexibility index (Phi) is 8.26. The fourth-order valence-electron chi connectivity index (χ4n) is 4.14. The van der Waals surface area contributed by atoms with Crippen LogP contribution in [-0.2, 0) is 9.59 Å². The van der Waals surface area contributed by atoms with Crippen LogP contribution < -0.4 is 21.1 Å². The van der Waals surface area contributed by atoms with Gasteiger partial charge < -0.3 is 26.0 Å². The van der Waals surface area contributed by atoms with Crippen molar-refractivity contribution >= 4 is 45.6 Å². The van der Waals surface area contributed by atoms with Crippen LogP contribution in [0.1, 0.15) is 41.9 Å². The average Bonchev–Trinajstić information content (AvgIpc) is 3.29. The molecule has 2 heterocycles. The molecule has 200 valence electrons. The number of aromatic nitrogens is 1. The molecule has 1 aromatic heterocycles. The van der Waals surface area contributed by atoms with Crippen molar-refractivity contribution in [3.05, 3.63) is 64.8 Å². The summed E-state index contributed by atoms with van der Waals surface area (Å²) in [6.07, 6.45) is 1.99. The van der Waals surface area contributed by atoms with E-state index in [2.05, 4.69) is 11.9 Å². The second kappa shape index (κ2) is 11.6. The number of likely N-dealkylation sites (tertiary alicyclic amines) is 1. The maximum absolute atomic E-state index is 13.5. The van der Waals surface area contributed by atoms with Crippen molar-refractivity contribution in [2.24, 2.45) is 11.7 Å². The van der Waals surface area contributed by atoms with Crippen LogP contribution in [0.5, 0.6) is 5.75 Å². The van der Waals surface area contributed by atoms with Gasteiger partial charge >= 0.3 is 0 Å². The van der Waals surface area contributed by atoms with E-state index in [9.17, 15) is 18.8 Å². The van der Waals surface area contributed by atoms with Crippen LogP contribution in [-0.4, -0.2) is 53.2 Å². The Balaban J connectivity index is 1.47. The van der Waals surface area contributed by atoms with E-state index in [4.69, 9.17) is 16.2 Å². The van der Waals surface area contributed by atoms with E-state index in [0.717, 1.165) is 37.3 Å². The molecule has 0 saturated carbocycles. The van der Waals surface area contributed by atoms with E-state index in [-0.39, 0.29) is 34.1 Å². The summed E-state index contributed by atoms with van der Waals surface area (Å²) in [7, 11) is 0. The molecule has 1 aliphatic rings. The fraction of sp³-hybridized carbons (Fsp3) is 0.333. The number of carbonyl (C=O) groups is 3. The van der Waals surface area contributed by atoms with Crippen LogP contribution in [0, 0.1) is 11.7 Å². The highest BCUT2D eigenvalue weighted by Gasteiger charge is 2.27. The number of piperidine rings is 1. The summed E-state index contributed by atoms with van der Waals surface area (Å²) >= 11 is 1.01. The highest BCUT2D eigenvalue weighted by Crippen LogP contribution is 2.36. The molecule has 4 rings (SSSR count). The molecule has 1 atom stereocenters. The quantitative estimate of drug-likeness (QED) is 0.396. The van der Waals surface area contributed by atoms with Gasteiger partial charge in [-0.25, -0.2) is 9.37 Å². The standard InChI is InChI=1S/C27H30FN5O4S/c1-16-11-13-32(14-12-16)22(34)15-37-21-9-3-18(4-10-21)23(35)24-25(29)31-27(38-24)33(17(2)26(30)36)20-7-5-19(28)6-8-20/h3-10,16-17H,11-15,29H2,1-2H3,(H2,30,36). The molecule has 1 unspecified atom stereocenters. The predicted octanol–water partition coefficient (Wildman–Crippen LogP) is 3.74. The lowest BCUT2D eigenvalue weighted by molar-refractivity contribution is -0.134. The van der Waals surface area contributed by atoms with Crippen LogP contribution in [0.2, 0.25) is 0 Å². The van der Waals surface area contributed by atoms with E-state index in [1.54, 1.807) is 31.2 Å². The topological polar surface area (TPSA) is 132 Å². The van der Waals surface area contributed by atoms with Gasteiger partial charge in [0.2, 0.25) is 11.7 Å². The number of anilines is 3. The minimum Gasteiger partial charge on any atom is -0.484 e. The first-order valence-corrected chi connectivity index (χ1v) is 13.1. The molecule has 1 aliphatic heterocycles. The minimum absolute atomic E-state index is 0.000514. The van der Waals surface area contributed by atoms with Gasteiger partial charge in [-0.05, 0) is 74.2 Å². The molecule has 3 aromatic rings. The van der Waals surface area contributed by atoms with Crippen molar-refractivity contribution in [3.8, 4) is 5.75 Å². The first kappa shape index (κ1) is 27.1. The van der Waals surface area contributed by atoms with Crippen molar-refractivity contribution in [3.63, 3.8) is 0 Å². The summed E-state index contributed by atoms with van der Waals surface area (Å²) < 4.78 is 19.1. The van der Waals surface area contributed by atoms with Crippen molar-refractivity contribution in [2.45, 2.75) is 32.7 Å². The Labute approximate surface area is 224 Å². The third-order valence-corrected chi connectivity index (χ3v) is 7.64. The number of ketones is 1. The molecule has 0 radical (unpaired) electrons. The highest BCUT2D eigenvalue weighted by molar-refractivity contribution is 7.18. The molecule has 9 nitrogen and oxygen atoms in total. The largest absolute Gasteiger partial charge is 0.484 e. The van der Waals surface area contributed by atoms with E-state index in [1.807, 2.05) is 4.90 Å². The van der Waals surface area contributed by atoms with Gasteiger partial charge in [0.15, 0.2) is 11.7 Å². The van der Waals surface area contributed by atoms with Crippen LogP contribution >= 0.6 is 11.3 Å². The highest BCUT2D eigenvalue weighted by atomic mass is 32.1. The molecule has 1 fully saturated rings.